The van der Waals surface area contributed by atoms with Crippen molar-refractivity contribution in [1.82, 2.24) is 4.90 Å². The zero-order chi connectivity index (χ0) is 15.6. The van der Waals surface area contributed by atoms with Gasteiger partial charge in [-0.05, 0) is 6.07 Å². The second-order valence-corrected chi connectivity index (χ2v) is 6.25. The fraction of sp³-hybridized carbons (Fsp3) is 0.368. The van der Waals surface area contributed by atoms with Crippen LogP contribution in [0.25, 0.3) is 21.9 Å². The maximum absolute atomic E-state index is 9.44. The van der Waals surface area contributed by atoms with Crippen molar-refractivity contribution in [3.8, 4) is 0 Å². The highest BCUT2D eigenvalue weighted by Crippen LogP contribution is 2.31. The first-order chi connectivity index (χ1) is 11.3. The van der Waals surface area contributed by atoms with Crippen molar-refractivity contribution in [2.24, 2.45) is 5.92 Å². The molecule has 1 aromatic heterocycles. The van der Waals surface area contributed by atoms with Gasteiger partial charge in [0, 0.05) is 48.5 Å². The smallest absolute Gasteiger partial charge is 0.139 e. The number of hydrogen-bond donors (Lipinski definition) is 1. The molecule has 0 bridgehead atoms. The molecule has 2 aromatic carbocycles. The van der Waals surface area contributed by atoms with Crippen LogP contribution in [0.2, 0.25) is 0 Å². The summed E-state index contributed by atoms with van der Waals surface area (Å²) >= 11 is 0. The first-order valence-electron chi connectivity index (χ1n) is 8.15. The molecule has 1 aliphatic heterocycles. The van der Waals surface area contributed by atoms with E-state index in [1.54, 1.807) is 0 Å². The Balaban J connectivity index is 1.68. The van der Waals surface area contributed by atoms with Crippen molar-refractivity contribution >= 4 is 21.9 Å². The Morgan fingerprint density at radius 2 is 1.96 bits per heavy atom. The topological polar surface area (TPSA) is 45.8 Å². The molecule has 1 N–H and O–H groups in total. The number of furan rings is 1. The van der Waals surface area contributed by atoms with E-state index in [1.165, 1.54) is 10.9 Å². The third kappa shape index (κ3) is 2.85. The van der Waals surface area contributed by atoms with Gasteiger partial charge in [0.1, 0.15) is 11.2 Å². The van der Waals surface area contributed by atoms with E-state index in [-0.39, 0.29) is 12.5 Å². The number of aliphatic hydroxyl groups is 1. The summed E-state index contributed by atoms with van der Waals surface area (Å²) in [4.78, 5) is 2.34. The molecular formula is C19H21NO3. The van der Waals surface area contributed by atoms with Gasteiger partial charge >= 0.3 is 0 Å². The molecule has 0 unspecified atom stereocenters. The van der Waals surface area contributed by atoms with Gasteiger partial charge in [0.25, 0.3) is 0 Å². The molecule has 0 amide bonds. The summed E-state index contributed by atoms with van der Waals surface area (Å²) in [5, 5.41) is 11.8. The van der Waals surface area contributed by atoms with Crippen LogP contribution in [0.3, 0.4) is 0 Å². The van der Waals surface area contributed by atoms with Crippen molar-refractivity contribution in [2.45, 2.75) is 6.54 Å². The van der Waals surface area contributed by atoms with Gasteiger partial charge in [0.15, 0.2) is 0 Å². The number of benzene rings is 2. The van der Waals surface area contributed by atoms with Crippen LogP contribution in [0.4, 0.5) is 0 Å². The average Bonchev–Trinajstić information content (AvgIpc) is 2.81. The van der Waals surface area contributed by atoms with Crippen molar-refractivity contribution < 1.29 is 14.3 Å². The highest BCUT2D eigenvalue weighted by molar-refractivity contribution is 6.05. The SMILES string of the molecule is OC[C@H]1COCCN(Cc2cccc3c2oc2ccccc23)C1. The molecular weight excluding hydrogens is 290 g/mol. The number of aliphatic hydroxyl groups excluding tert-OH is 1. The van der Waals surface area contributed by atoms with E-state index in [0.717, 1.165) is 36.2 Å². The molecule has 23 heavy (non-hydrogen) atoms. The standard InChI is InChI=1S/C19H21NO3/c21-12-14-10-20(8-9-22-13-14)11-15-4-3-6-17-16-5-1-2-7-18(16)23-19(15)17/h1-7,14,21H,8-13H2/t14-/m0/s1. The van der Waals surface area contributed by atoms with Crippen molar-refractivity contribution in [1.29, 1.82) is 0 Å². The van der Waals surface area contributed by atoms with Gasteiger partial charge in [0.05, 0.1) is 13.2 Å². The van der Waals surface area contributed by atoms with Crippen molar-refractivity contribution in [3.63, 3.8) is 0 Å². The van der Waals surface area contributed by atoms with Gasteiger partial charge in [-0.2, -0.15) is 0 Å². The number of nitrogens with zero attached hydrogens (tertiary/aromatic N) is 1. The summed E-state index contributed by atoms with van der Waals surface area (Å²) < 4.78 is 11.7. The molecule has 1 atom stereocenters. The highest BCUT2D eigenvalue weighted by atomic mass is 16.5. The quantitative estimate of drug-likeness (QED) is 0.807. The second kappa shape index (κ2) is 6.32. The largest absolute Gasteiger partial charge is 0.456 e. The molecule has 0 radical (unpaired) electrons. The molecule has 1 aliphatic rings. The van der Waals surface area contributed by atoms with E-state index in [2.05, 4.69) is 29.2 Å². The van der Waals surface area contributed by atoms with Gasteiger partial charge in [-0.25, -0.2) is 0 Å². The fourth-order valence-electron chi connectivity index (χ4n) is 3.38. The first-order valence-corrected chi connectivity index (χ1v) is 8.15. The third-order valence-corrected chi connectivity index (χ3v) is 4.56. The molecule has 4 heteroatoms. The van der Waals surface area contributed by atoms with Crippen LogP contribution in [-0.4, -0.2) is 42.9 Å². The van der Waals surface area contributed by atoms with Crippen LogP contribution >= 0.6 is 0 Å². The molecule has 4 rings (SSSR count). The third-order valence-electron chi connectivity index (χ3n) is 4.56. The van der Waals surface area contributed by atoms with Gasteiger partial charge < -0.3 is 14.3 Å². The summed E-state index contributed by atoms with van der Waals surface area (Å²) in [7, 11) is 0. The number of rotatable bonds is 3. The maximum atomic E-state index is 9.44. The van der Waals surface area contributed by atoms with E-state index in [0.29, 0.717) is 13.2 Å². The minimum Gasteiger partial charge on any atom is -0.456 e. The summed E-state index contributed by atoms with van der Waals surface area (Å²) in [6.45, 7) is 4.08. The van der Waals surface area contributed by atoms with Crippen LogP contribution in [0, 0.1) is 5.92 Å². The first kappa shape index (κ1) is 14.7. The molecule has 4 nitrogen and oxygen atoms in total. The number of fused-ring (bicyclic) bond motifs is 3. The van der Waals surface area contributed by atoms with Gasteiger partial charge in [-0.15, -0.1) is 0 Å². The Labute approximate surface area is 135 Å². The Kier molecular flexibility index (Phi) is 4.04. The maximum Gasteiger partial charge on any atom is 0.139 e. The van der Waals surface area contributed by atoms with Crippen LogP contribution in [0.5, 0.6) is 0 Å². The molecule has 0 spiro atoms. The van der Waals surface area contributed by atoms with Gasteiger partial charge in [-0.1, -0.05) is 36.4 Å². The zero-order valence-corrected chi connectivity index (χ0v) is 13.1. The predicted molar refractivity (Wildman–Crippen MR) is 90.4 cm³/mol. The number of para-hydroxylation sites is 2. The molecule has 120 valence electrons. The summed E-state index contributed by atoms with van der Waals surface area (Å²) in [6.07, 6.45) is 0. The monoisotopic (exact) mass is 311 g/mol. The predicted octanol–water partition coefficient (Wildman–Crippen LogP) is 3.03. The van der Waals surface area contributed by atoms with E-state index in [1.807, 2.05) is 18.2 Å². The lowest BCUT2D eigenvalue weighted by Gasteiger charge is -2.22. The summed E-state index contributed by atoms with van der Waals surface area (Å²) in [5.74, 6) is 0.187. The minimum absolute atomic E-state index is 0.172. The molecule has 0 aliphatic carbocycles. The van der Waals surface area contributed by atoms with Crippen LogP contribution in [-0.2, 0) is 11.3 Å². The number of hydrogen-bond acceptors (Lipinski definition) is 4. The fourth-order valence-corrected chi connectivity index (χ4v) is 3.38. The lowest BCUT2D eigenvalue weighted by Crippen LogP contribution is -2.31. The van der Waals surface area contributed by atoms with E-state index in [4.69, 9.17) is 9.15 Å². The van der Waals surface area contributed by atoms with Crippen LogP contribution < -0.4 is 0 Å². The Hall–Kier alpha value is -1.88. The second-order valence-electron chi connectivity index (χ2n) is 6.25. The molecule has 0 saturated carbocycles. The van der Waals surface area contributed by atoms with Crippen molar-refractivity contribution in [3.05, 3.63) is 48.0 Å². The van der Waals surface area contributed by atoms with E-state index >= 15 is 0 Å². The minimum atomic E-state index is 0.172. The van der Waals surface area contributed by atoms with E-state index in [9.17, 15) is 5.11 Å². The zero-order valence-electron chi connectivity index (χ0n) is 13.1. The summed E-state index contributed by atoms with van der Waals surface area (Å²) in [6, 6.07) is 14.5. The molecule has 3 aromatic rings. The van der Waals surface area contributed by atoms with Crippen molar-refractivity contribution in [2.75, 3.05) is 32.9 Å². The van der Waals surface area contributed by atoms with Gasteiger partial charge in [0.2, 0.25) is 0 Å². The molecule has 1 fully saturated rings. The Bertz CT molecular complexity index is 811. The van der Waals surface area contributed by atoms with Crippen LogP contribution in [0.15, 0.2) is 46.9 Å². The molecule has 2 heterocycles. The molecule has 1 saturated heterocycles. The Morgan fingerprint density at radius 1 is 1.09 bits per heavy atom. The number of ether oxygens (including phenoxy) is 1. The average molecular weight is 311 g/mol. The lowest BCUT2D eigenvalue weighted by molar-refractivity contribution is 0.0958. The van der Waals surface area contributed by atoms with Gasteiger partial charge in [-0.3, -0.25) is 4.90 Å². The highest BCUT2D eigenvalue weighted by Gasteiger charge is 2.19. The lowest BCUT2D eigenvalue weighted by atomic mass is 10.1. The Morgan fingerprint density at radius 3 is 2.87 bits per heavy atom. The van der Waals surface area contributed by atoms with E-state index < -0.39 is 0 Å². The van der Waals surface area contributed by atoms with Crippen LogP contribution in [0.1, 0.15) is 5.56 Å². The normalized spacial score (nSPS) is 20.1. The summed E-state index contributed by atoms with van der Waals surface area (Å²) in [5.41, 5.74) is 3.10.